The fraction of sp³-hybridized carbons (Fsp3) is 0.333. The highest BCUT2D eigenvalue weighted by atomic mass is 32.2. The van der Waals surface area contributed by atoms with E-state index in [1.807, 2.05) is 56.3 Å². The molecule has 31 heavy (non-hydrogen) atoms. The van der Waals surface area contributed by atoms with Gasteiger partial charge in [-0.3, -0.25) is 9.48 Å². The van der Waals surface area contributed by atoms with Crippen molar-refractivity contribution < 1.29 is 13.2 Å². The van der Waals surface area contributed by atoms with Crippen LogP contribution in [-0.2, 0) is 16.4 Å². The van der Waals surface area contributed by atoms with Gasteiger partial charge in [-0.25, -0.2) is 8.42 Å². The topological polar surface area (TPSA) is 72.3 Å². The second-order valence-electron chi connectivity index (χ2n) is 8.36. The average Bonchev–Trinajstić information content (AvgIpc) is 3.33. The summed E-state index contributed by atoms with van der Waals surface area (Å²) in [5.41, 5.74) is 5.40. The molecule has 0 aliphatic carbocycles. The first-order chi connectivity index (χ1) is 14.7. The van der Waals surface area contributed by atoms with Gasteiger partial charge in [-0.1, -0.05) is 42.5 Å². The summed E-state index contributed by atoms with van der Waals surface area (Å²) in [6.07, 6.45) is 0.509. The van der Waals surface area contributed by atoms with Crippen LogP contribution in [0.25, 0.3) is 11.3 Å². The van der Waals surface area contributed by atoms with Gasteiger partial charge in [0.15, 0.2) is 15.5 Å². The minimum atomic E-state index is -3.08. The molecule has 1 aromatic heterocycles. The molecule has 2 aromatic carbocycles. The predicted molar refractivity (Wildman–Crippen MR) is 122 cm³/mol. The summed E-state index contributed by atoms with van der Waals surface area (Å²) in [5, 5.41) is 4.61. The molecule has 1 aliphatic rings. The largest absolute Gasteiger partial charge is 0.336 e. The van der Waals surface area contributed by atoms with E-state index in [0.717, 1.165) is 22.4 Å². The molecule has 1 amide bonds. The van der Waals surface area contributed by atoms with E-state index in [1.54, 1.807) is 22.7 Å². The van der Waals surface area contributed by atoms with Crippen LogP contribution in [0.2, 0.25) is 0 Å². The zero-order valence-corrected chi connectivity index (χ0v) is 18.9. The van der Waals surface area contributed by atoms with Crippen LogP contribution in [0.1, 0.15) is 39.6 Å². The van der Waals surface area contributed by atoms with Gasteiger partial charge >= 0.3 is 0 Å². The molecule has 0 unspecified atom stereocenters. The molecule has 1 atom stereocenters. The molecule has 0 radical (unpaired) electrons. The molecule has 1 saturated heterocycles. The fourth-order valence-corrected chi connectivity index (χ4v) is 5.68. The molecule has 0 spiro atoms. The Morgan fingerprint density at radius 3 is 2.48 bits per heavy atom. The lowest BCUT2D eigenvalue weighted by Gasteiger charge is -2.16. The molecular weight excluding hydrogens is 410 g/mol. The van der Waals surface area contributed by atoms with Crippen molar-refractivity contribution in [2.45, 2.75) is 32.9 Å². The van der Waals surface area contributed by atoms with Gasteiger partial charge in [-0.05, 0) is 49.1 Å². The van der Waals surface area contributed by atoms with Crippen LogP contribution in [0.5, 0.6) is 0 Å². The third kappa shape index (κ3) is 4.56. The van der Waals surface area contributed by atoms with Crippen molar-refractivity contribution in [2.24, 2.45) is 0 Å². The monoisotopic (exact) mass is 437 g/mol. The molecule has 1 aliphatic heterocycles. The van der Waals surface area contributed by atoms with Gasteiger partial charge in [0.05, 0.1) is 23.2 Å². The number of aromatic nitrogens is 2. The number of nitrogens with zero attached hydrogens (tertiary/aromatic N) is 3. The van der Waals surface area contributed by atoms with E-state index < -0.39 is 9.84 Å². The van der Waals surface area contributed by atoms with E-state index in [2.05, 4.69) is 11.2 Å². The summed E-state index contributed by atoms with van der Waals surface area (Å²) < 4.78 is 25.9. The smallest absolute Gasteiger partial charge is 0.274 e. The highest BCUT2D eigenvalue weighted by Crippen LogP contribution is 2.31. The Labute approximate surface area is 183 Å². The minimum absolute atomic E-state index is 0.0556. The molecule has 1 fully saturated rings. The van der Waals surface area contributed by atoms with E-state index in [-0.39, 0.29) is 23.5 Å². The van der Waals surface area contributed by atoms with Crippen molar-refractivity contribution in [2.75, 3.05) is 18.6 Å². The summed E-state index contributed by atoms with van der Waals surface area (Å²) >= 11 is 0. The fourth-order valence-electron chi connectivity index (χ4n) is 3.99. The first kappa shape index (κ1) is 21.3. The maximum absolute atomic E-state index is 13.1. The second kappa shape index (κ2) is 8.30. The summed E-state index contributed by atoms with van der Waals surface area (Å²) in [6, 6.07) is 17.4. The lowest BCUT2D eigenvalue weighted by molar-refractivity contribution is 0.0778. The minimum Gasteiger partial charge on any atom is -0.336 e. The summed E-state index contributed by atoms with van der Waals surface area (Å²) in [7, 11) is -1.33. The standard InChI is InChI=1S/C24H27N3O3S/c1-17-9-10-20(13-18(17)2)23-14-22(25-27(23)21-11-12-31(29,30)16-21)24(28)26(3)15-19-7-5-4-6-8-19/h4-10,13-14,21H,11-12,15-16H2,1-3H3/t21-/m1/s1. The number of hydrogen-bond donors (Lipinski definition) is 0. The van der Waals surface area contributed by atoms with Crippen molar-refractivity contribution in [3.8, 4) is 11.3 Å². The van der Waals surface area contributed by atoms with E-state index in [9.17, 15) is 13.2 Å². The first-order valence-corrected chi connectivity index (χ1v) is 12.2. The third-order valence-electron chi connectivity index (χ3n) is 5.92. The Morgan fingerprint density at radius 1 is 1.10 bits per heavy atom. The Morgan fingerprint density at radius 2 is 1.84 bits per heavy atom. The Kier molecular flexibility index (Phi) is 5.71. The number of carbonyl (C=O) groups is 1. The van der Waals surface area contributed by atoms with Crippen LogP contribution in [-0.4, -0.2) is 47.6 Å². The van der Waals surface area contributed by atoms with Crippen molar-refractivity contribution in [1.29, 1.82) is 0 Å². The normalized spacial score (nSPS) is 17.6. The Balaban J connectivity index is 1.70. The Bertz CT molecular complexity index is 1220. The van der Waals surface area contributed by atoms with Crippen molar-refractivity contribution in [1.82, 2.24) is 14.7 Å². The molecule has 6 nitrogen and oxygen atoms in total. The lowest BCUT2D eigenvalue weighted by atomic mass is 10.0. The molecule has 0 bridgehead atoms. The van der Waals surface area contributed by atoms with Gasteiger partial charge in [0.2, 0.25) is 0 Å². The van der Waals surface area contributed by atoms with Crippen molar-refractivity contribution in [3.63, 3.8) is 0 Å². The van der Waals surface area contributed by atoms with Gasteiger partial charge in [0, 0.05) is 19.2 Å². The number of amides is 1. The molecule has 162 valence electrons. The third-order valence-corrected chi connectivity index (χ3v) is 7.67. The van der Waals surface area contributed by atoms with Crippen LogP contribution in [0.4, 0.5) is 0 Å². The van der Waals surface area contributed by atoms with Crippen molar-refractivity contribution in [3.05, 3.63) is 77.0 Å². The van der Waals surface area contributed by atoms with Crippen LogP contribution in [0.15, 0.2) is 54.6 Å². The number of aryl methyl sites for hydroxylation is 2. The van der Waals surface area contributed by atoms with E-state index in [4.69, 9.17) is 0 Å². The molecule has 7 heteroatoms. The second-order valence-corrected chi connectivity index (χ2v) is 10.6. The summed E-state index contributed by atoms with van der Waals surface area (Å²) in [4.78, 5) is 14.8. The molecular formula is C24H27N3O3S. The molecule has 0 N–H and O–H groups in total. The predicted octanol–water partition coefficient (Wildman–Crippen LogP) is 3.80. The lowest BCUT2D eigenvalue weighted by Crippen LogP contribution is -2.27. The maximum Gasteiger partial charge on any atom is 0.274 e. The van der Waals surface area contributed by atoms with Crippen molar-refractivity contribution >= 4 is 15.7 Å². The summed E-state index contributed by atoms with van der Waals surface area (Å²) in [6.45, 7) is 4.57. The average molecular weight is 438 g/mol. The van der Waals surface area contributed by atoms with Gasteiger partial charge in [0.1, 0.15) is 0 Å². The summed E-state index contributed by atoms with van der Waals surface area (Å²) in [5.74, 6) is 0.0229. The van der Waals surface area contributed by atoms with Crippen LogP contribution in [0, 0.1) is 13.8 Å². The number of carbonyl (C=O) groups excluding carboxylic acids is 1. The number of hydrogen-bond acceptors (Lipinski definition) is 4. The van der Waals surface area contributed by atoms with E-state index in [0.29, 0.717) is 18.7 Å². The number of rotatable bonds is 5. The number of sulfone groups is 1. The van der Waals surface area contributed by atoms with Gasteiger partial charge in [0.25, 0.3) is 5.91 Å². The quantitative estimate of drug-likeness (QED) is 0.609. The molecule has 3 aromatic rings. The molecule has 4 rings (SSSR count). The molecule has 2 heterocycles. The van der Waals surface area contributed by atoms with Crippen LogP contribution in [0.3, 0.4) is 0 Å². The SMILES string of the molecule is Cc1ccc(-c2cc(C(=O)N(C)Cc3ccccc3)nn2[C@@H]2CCS(=O)(=O)C2)cc1C. The van der Waals surface area contributed by atoms with Crippen LogP contribution >= 0.6 is 0 Å². The highest BCUT2D eigenvalue weighted by molar-refractivity contribution is 7.91. The van der Waals surface area contributed by atoms with Crippen LogP contribution < -0.4 is 0 Å². The zero-order chi connectivity index (χ0) is 22.2. The Hall–Kier alpha value is -2.93. The zero-order valence-electron chi connectivity index (χ0n) is 18.1. The van der Waals surface area contributed by atoms with E-state index in [1.165, 1.54) is 5.56 Å². The maximum atomic E-state index is 13.1. The highest BCUT2D eigenvalue weighted by Gasteiger charge is 2.32. The van der Waals surface area contributed by atoms with E-state index >= 15 is 0 Å². The van der Waals surface area contributed by atoms with Gasteiger partial charge in [-0.15, -0.1) is 0 Å². The number of benzene rings is 2. The molecule has 0 saturated carbocycles. The van der Waals surface area contributed by atoms with Gasteiger partial charge < -0.3 is 4.90 Å². The van der Waals surface area contributed by atoms with Gasteiger partial charge in [-0.2, -0.15) is 5.10 Å². The first-order valence-electron chi connectivity index (χ1n) is 10.4.